The van der Waals surface area contributed by atoms with Gasteiger partial charge in [-0.25, -0.2) is 0 Å². The lowest BCUT2D eigenvalue weighted by molar-refractivity contribution is -0.384. The third-order valence-electron chi connectivity index (χ3n) is 3.07. The molecule has 2 N–H and O–H groups in total. The second-order valence-corrected chi connectivity index (χ2v) is 5.02. The van der Waals surface area contributed by atoms with Gasteiger partial charge in [-0.2, -0.15) is 0 Å². The molecule has 0 aromatic heterocycles. The average molecular weight is 307 g/mol. The Kier molecular flexibility index (Phi) is 5.27. The molecule has 0 aliphatic heterocycles. The maximum atomic E-state index is 10.6. The molecule has 0 unspecified atom stereocenters. The molecule has 0 bridgehead atoms. The molecule has 0 saturated carbocycles. The summed E-state index contributed by atoms with van der Waals surface area (Å²) in [6.45, 7) is 1.16. The Hall–Kier alpha value is -1.95. The first-order valence-corrected chi connectivity index (χ1v) is 6.80. The molecule has 0 fully saturated rings. The highest BCUT2D eigenvalue weighted by atomic mass is 35.5. The van der Waals surface area contributed by atoms with Crippen LogP contribution in [0.4, 0.5) is 5.69 Å². The van der Waals surface area contributed by atoms with Crippen molar-refractivity contribution in [3.63, 3.8) is 0 Å². The Morgan fingerprint density at radius 3 is 2.57 bits per heavy atom. The zero-order valence-electron chi connectivity index (χ0n) is 11.3. The smallest absolute Gasteiger partial charge is 0.270 e. The molecule has 2 rings (SSSR count). The zero-order valence-corrected chi connectivity index (χ0v) is 12.0. The maximum absolute atomic E-state index is 10.6. The fourth-order valence-electron chi connectivity index (χ4n) is 1.97. The largest absolute Gasteiger partial charge is 0.392 e. The van der Waals surface area contributed by atoms with E-state index < -0.39 is 4.92 Å². The van der Waals surface area contributed by atoms with Gasteiger partial charge >= 0.3 is 0 Å². The number of nitrogens with one attached hydrogen (secondary N) is 1. The van der Waals surface area contributed by atoms with Crippen LogP contribution in [0, 0.1) is 10.1 Å². The molecule has 2 aromatic rings. The number of halogens is 1. The monoisotopic (exact) mass is 306 g/mol. The van der Waals surface area contributed by atoms with Crippen LogP contribution >= 0.6 is 11.6 Å². The minimum absolute atomic E-state index is 0.0144. The second kappa shape index (κ2) is 7.17. The maximum Gasteiger partial charge on any atom is 0.270 e. The highest BCUT2D eigenvalue weighted by Gasteiger charge is 2.09. The summed E-state index contributed by atoms with van der Waals surface area (Å²) >= 11 is 6.03. The van der Waals surface area contributed by atoms with Gasteiger partial charge in [-0.3, -0.25) is 10.1 Å². The van der Waals surface area contributed by atoms with E-state index in [0.29, 0.717) is 18.1 Å². The molecular formula is C15H15ClN2O3. The van der Waals surface area contributed by atoms with Gasteiger partial charge in [-0.15, -0.1) is 0 Å². The van der Waals surface area contributed by atoms with E-state index in [1.807, 2.05) is 24.3 Å². The Morgan fingerprint density at radius 2 is 1.90 bits per heavy atom. The lowest BCUT2D eigenvalue weighted by Crippen LogP contribution is -2.13. The van der Waals surface area contributed by atoms with Crippen molar-refractivity contribution in [1.82, 2.24) is 5.32 Å². The first kappa shape index (κ1) is 15.4. The van der Waals surface area contributed by atoms with Crippen molar-refractivity contribution in [1.29, 1.82) is 0 Å². The van der Waals surface area contributed by atoms with Crippen LogP contribution in [-0.4, -0.2) is 10.0 Å². The van der Waals surface area contributed by atoms with Crippen LogP contribution in [0.1, 0.15) is 16.7 Å². The highest BCUT2D eigenvalue weighted by Crippen LogP contribution is 2.22. The third kappa shape index (κ3) is 4.26. The summed E-state index contributed by atoms with van der Waals surface area (Å²) in [6.07, 6.45) is 0. The average Bonchev–Trinajstić information content (AvgIpc) is 2.49. The molecule has 6 heteroatoms. The fourth-order valence-corrected chi connectivity index (χ4v) is 2.21. The van der Waals surface area contributed by atoms with E-state index in [1.165, 1.54) is 12.1 Å². The van der Waals surface area contributed by atoms with Gasteiger partial charge in [0.1, 0.15) is 0 Å². The predicted molar refractivity (Wildman–Crippen MR) is 81.0 cm³/mol. The minimum atomic E-state index is -0.469. The normalized spacial score (nSPS) is 10.6. The van der Waals surface area contributed by atoms with Crippen LogP contribution in [-0.2, 0) is 19.7 Å². The Bertz CT molecular complexity index is 647. The van der Waals surface area contributed by atoms with Crippen molar-refractivity contribution in [2.24, 2.45) is 0 Å². The van der Waals surface area contributed by atoms with E-state index >= 15 is 0 Å². The van der Waals surface area contributed by atoms with Gasteiger partial charge in [0, 0.05) is 25.2 Å². The first-order chi connectivity index (χ1) is 10.1. The van der Waals surface area contributed by atoms with Crippen molar-refractivity contribution in [3.05, 3.63) is 74.3 Å². The number of hydrogen-bond donors (Lipinski definition) is 2. The van der Waals surface area contributed by atoms with Crippen molar-refractivity contribution in [2.45, 2.75) is 19.7 Å². The summed E-state index contributed by atoms with van der Waals surface area (Å²) in [4.78, 5) is 10.2. The van der Waals surface area contributed by atoms with Crippen molar-refractivity contribution in [3.8, 4) is 0 Å². The molecule has 5 nitrogen and oxygen atoms in total. The van der Waals surface area contributed by atoms with Gasteiger partial charge in [-0.1, -0.05) is 35.9 Å². The number of hydrogen-bond acceptors (Lipinski definition) is 4. The van der Waals surface area contributed by atoms with E-state index in [1.54, 1.807) is 6.07 Å². The molecule has 0 heterocycles. The third-order valence-corrected chi connectivity index (χ3v) is 3.42. The van der Waals surface area contributed by atoms with E-state index in [9.17, 15) is 10.1 Å². The summed E-state index contributed by atoms with van der Waals surface area (Å²) in [5, 5.41) is 23.3. The van der Waals surface area contributed by atoms with Gasteiger partial charge in [0.15, 0.2) is 0 Å². The summed E-state index contributed by atoms with van der Waals surface area (Å²) < 4.78 is 0. The summed E-state index contributed by atoms with van der Waals surface area (Å²) in [5.74, 6) is 0. The molecule has 0 amide bonds. The predicted octanol–water partition coefficient (Wildman–Crippen LogP) is 3.03. The Morgan fingerprint density at radius 1 is 1.14 bits per heavy atom. The van der Waals surface area contributed by atoms with Crippen LogP contribution in [0.5, 0.6) is 0 Å². The minimum Gasteiger partial charge on any atom is -0.392 e. The number of nitro benzene ring substituents is 1. The topological polar surface area (TPSA) is 75.4 Å². The van der Waals surface area contributed by atoms with Crippen molar-refractivity contribution < 1.29 is 10.0 Å². The molecule has 0 radical (unpaired) electrons. The number of nitrogens with zero attached hydrogens (tertiary/aromatic N) is 1. The number of benzene rings is 2. The number of nitro groups is 1. The Balaban J connectivity index is 1.95. The molecule has 0 aliphatic rings. The Labute approximate surface area is 127 Å². The fraction of sp³-hybridized carbons (Fsp3) is 0.200. The van der Waals surface area contributed by atoms with Crippen molar-refractivity contribution in [2.75, 3.05) is 0 Å². The summed E-state index contributed by atoms with van der Waals surface area (Å²) in [6, 6.07) is 12.1. The standard InChI is InChI=1S/C15H15ClN2O3/c16-15-7-14(18(20)21)5-4-13(15)9-17-8-11-2-1-3-12(6-11)10-19/h1-7,17,19H,8-10H2. The molecule has 0 aliphatic carbocycles. The quantitative estimate of drug-likeness (QED) is 0.635. The van der Waals surface area contributed by atoms with Gasteiger partial charge in [0.2, 0.25) is 0 Å². The van der Waals surface area contributed by atoms with Crippen LogP contribution in [0.2, 0.25) is 5.02 Å². The molecule has 0 spiro atoms. The van der Waals surface area contributed by atoms with Gasteiger partial charge < -0.3 is 10.4 Å². The number of aliphatic hydroxyl groups is 1. The van der Waals surface area contributed by atoms with E-state index in [2.05, 4.69) is 5.32 Å². The van der Waals surface area contributed by atoms with E-state index in [0.717, 1.165) is 16.7 Å². The van der Waals surface area contributed by atoms with Crippen molar-refractivity contribution >= 4 is 17.3 Å². The number of non-ortho nitro benzene ring substituents is 1. The van der Waals surface area contributed by atoms with Crippen LogP contribution < -0.4 is 5.32 Å². The number of aliphatic hydroxyl groups excluding tert-OH is 1. The zero-order chi connectivity index (χ0) is 15.2. The molecular weight excluding hydrogens is 292 g/mol. The summed E-state index contributed by atoms with van der Waals surface area (Å²) in [5.41, 5.74) is 2.71. The first-order valence-electron chi connectivity index (χ1n) is 6.42. The van der Waals surface area contributed by atoms with E-state index in [4.69, 9.17) is 16.7 Å². The van der Waals surface area contributed by atoms with E-state index in [-0.39, 0.29) is 12.3 Å². The lowest BCUT2D eigenvalue weighted by Gasteiger charge is -2.08. The molecule has 0 atom stereocenters. The van der Waals surface area contributed by atoms with Gasteiger partial charge in [-0.05, 0) is 22.8 Å². The SMILES string of the molecule is O=[N+]([O-])c1ccc(CNCc2cccc(CO)c2)c(Cl)c1. The number of rotatable bonds is 6. The molecule has 21 heavy (non-hydrogen) atoms. The van der Waals surface area contributed by atoms with Crippen LogP contribution in [0.15, 0.2) is 42.5 Å². The van der Waals surface area contributed by atoms with Gasteiger partial charge in [0.25, 0.3) is 5.69 Å². The van der Waals surface area contributed by atoms with Crippen LogP contribution in [0.3, 0.4) is 0 Å². The molecule has 0 saturated heterocycles. The lowest BCUT2D eigenvalue weighted by atomic mass is 10.1. The van der Waals surface area contributed by atoms with Crippen LogP contribution in [0.25, 0.3) is 0 Å². The molecule has 110 valence electrons. The molecule has 2 aromatic carbocycles. The second-order valence-electron chi connectivity index (χ2n) is 4.61. The highest BCUT2D eigenvalue weighted by molar-refractivity contribution is 6.31. The van der Waals surface area contributed by atoms with Gasteiger partial charge in [0.05, 0.1) is 16.6 Å². The summed E-state index contributed by atoms with van der Waals surface area (Å²) in [7, 11) is 0.